The molecule has 2 aromatic rings. The first-order valence-corrected chi connectivity index (χ1v) is 9.01. The summed E-state index contributed by atoms with van der Waals surface area (Å²) in [6, 6.07) is 7.90. The SMILES string of the molecule is O=C(NC1CCN(C(=O)c2ccc(Cl)cc2)CC1)c1cc(C(F)(F)F)ccn1. The first-order valence-electron chi connectivity index (χ1n) is 8.63. The molecule has 2 amide bonds. The van der Waals surface area contributed by atoms with Crippen LogP contribution in [0.1, 0.15) is 39.3 Å². The number of rotatable bonds is 3. The van der Waals surface area contributed by atoms with E-state index in [1.54, 1.807) is 29.2 Å². The van der Waals surface area contributed by atoms with Crippen molar-refractivity contribution in [2.45, 2.75) is 25.1 Å². The molecule has 5 nitrogen and oxygen atoms in total. The first kappa shape index (κ1) is 20.1. The van der Waals surface area contributed by atoms with Crippen LogP contribution in [0.5, 0.6) is 0 Å². The number of benzene rings is 1. The molecule has 1 aliphatic rings. The van der Waals surface area contributed by atoms with Gasteiger partial charge in [-0.25, -0.2) is 0 Å². The average Bonchev–Trinajstić information content (AvgIpc) is 2.68. The van der Waals surface area contributed by atoms with Gasteiger partial charge in [0.05, 0.1) is 5.56 Å². The van der Waals surface area contributed by atoms with E-state index >= 15 is 0 Å². The standard InChI is InChI=1S/C19H17ClF3N3O2/c20-14-3-1-12(2-4-14)18(28)26-9-6-15(7-10-26)25-17(27)16-11-13(5-8-24-16)19(21,22)23/h1-5,8,11,15H,6-7,9-10H2,(H,25,27). The van der Waals surface area contributed by atoms with Gasteiger partial charge in [0.1, 0.15) is 5.69 Å². The highest BCUT2D eigenvalue weighted by Gasteiger charge is 2.32. The molecule has 1 fully saturated rings. The number of nitrogens with one attached hydrogen (secondary N) is 1. The van der Waals surface area contributed by atoms with Crippen molar-refractivity contribution >= 4 is 23.4 Å². The van der Waals surface area contributed by atoms with Crippen molar-refractivity contribution in [1.82, 2.24) is 15.2 Å². The molecule has 1 aliphatic heterocycles. The number of halogens is 4. The van der Waals surface area contributed by atoms with E-state index in [0.717, 1.165) is 18.3 Å². The lowest BCUT2D eigenvalue weighted by Crippen LogP contribution is -2.46. The largest absolute Gasteiger partial charge is 0.416 e. The summed E-state index contributed by atoms with van der Waals surface area (Å²) in [5.41, 5.74) is -0.675. The molecular formula is C19H17ClF3N3O2. The van der Waals surface area contributed by atoms with Crippen LogP contribution in [0.3, 0.4) is 0 Å². The number of piperidine rings is 1. The number of amides is 2. The Morgan fingerprint density at radius 1 is 1.11 bits per heavy atom. The van der Waals surface area contributed by atoms with E-state index in [4.69, 9.17) is 11.6 Å². The summed E-state index contributed by atoms with van der Waals surface area (Å²) in [4.78, 5) is 30.1. The number of nitrogens with zero attached hydrogens (tertiary/aromatic N) is 2. The van der Waals surface area contributed by atoms with Crippen LogP contribution in [0.15, 0.2) is 42.6 Å². The molecule has 2 heterocycles. The molecule has 0 spiro atoms. The number of hydrogen-bond acceptors (Lipinski definition) is 3. The molecule has 3 rings (SSSR count). The van der Waals surface area contributed by atoms with Crippen molar-refractivity contribution in [2.75, 3.05) is 13.1 Å². The second-order valence-electron chi connectivity index (χ2n) is 6.47. The maximum atomic E-state index is 12.8. The fourth-order valence-electron chi connectivity index (χ4n) is 2.99. The van der Waals surface area contributed by atoms with E-state index in [1.807, 2.05) is 0 Å². The lowest BCUT2D eigenvalue weighted by Gasteiger charge is -2.32. The van der Waals surface area contributed by atoms with Gasteiger partial charge >= 0.3 is 6.18 Å². The maximum Gasteiger partial charge on any atom is 0.416 e. The Kier molecular flexibility index (Phi) is 5.88. The summed E-state index contributed by atoms with van der Waals surface area (Å²) in [7, 11) is 0. The van der Waals surface area contributed by atoms with Gasteiger partial charge in [-0.3, -0.25) is 14.6 Å². The van der Waals surface area contributed by atoms with E-state index in [0.29, 0.717) is 36.5 Å². The van der Waals surface area contributed by atoms with E-state index < -0.39 is 17.6 Å². The number of aromatic nitrogens is 1. The van der Waals surface area contributed by atoms with Crippen LogP contribution in [0, 0.1) is 0 Å². The van der Waals surface area contributed by atoms with Gasteiger partial charge in [-0.05, 0) is 49.2 Å². The number of hydrogen-bond donors (Lipinski definition) is 1. The number of carbonyl (C=O) groups is 2. The second kappa shape index (κ2) is 8.18. The monoisotopic (exact) mass is 411 g/mol. The fraction of sp³-hybridized carbons (Fsp3) is 0.316. The van der Waals surface area contributed by atoms with Crippen LogP contribution in [-0.2, 0) is 6.18 Å². The lowest BCUT2D eigenvalue weighted by molar-refractivity contribution is -0.137. The molecule has 0 saturated carbocycles. The van der Waals surface area contributed by atoms with Crippen LogP contribution >= 0.6 is 11.6 Å². The van der Waals surface area contributed by atoms with Crippen LogP contribution < -0.4 is 5.32 Å². The van der Waals surface area contributed by atoms with Gasteiger partial charge in [-0.2, -0.15) is 13.2 Å². The van der Waals surface area contributed by atoms with Crippen molar-refractivity contribution in [1.29, 1.82) is 0 Å². The average molecular weight is 412 g/mol. The molecule has 0 unspecified atom stereocenters. The Labute approximate surface area is 164 Å². The van der Waals surface area contributed by atoms with Gasteiger partial charge in [0.25, 0.3) is 11.8 Å². The predicted octanol–water partition coefficient (Wildman–Crippen LogP) is 3.79. The van der Waals surface area contributed by atoms with Crippen LogP contribution in [0.2, 0.25) is 5.02 Å². The first-order chi connectivity index (χ1) is 13.2. The third kappa shape index (κ3) is 4.81. The molecule has 0 aliphatic carbocycles. The molecule has 0 atom stereocenters. The smallest absolute Gasteiger partial charge is 0.348 e. The van der Waals surface area contributed by atoms with E-state index in [1.165, 1.54) is 0 Å². The Bertz CT molecular complexity index is 863. The molecule has 148 valence electrons. The summed E-state index contributed by atoms with van der Waals surface area (Å²) in [5, 5.41) is 3.24. The topological polar surface area (TPSA) is 62.3 Å². The quantitative estimate of drug-likeness (QED) is 0.836. The van der Waals surface area contributed by atoms with Crippen LogP contribution in [0.4, 0.5) is 13.2 Å². The van der Waals surface area contributed by atoms with Crippen molar-refractivity contribution in [2.24, 2.45) is 0 Å². The van der Waals surface area contributed by atoms with Crippen LogP contribution in [0.25, 0.3) is 0 Å². The van der Waals surface area contributed by atoms with Crippen molar-refractivity contribution in [3.8, 4) is 0 Å². The van der Waals surface area contributed by atoms with E-state index in [9.17, 15) is 22.8 Å². The Morgan fingerprint density at radius 2 is 1.75 bits per heavy atom. The van der Waals surface area contributed by atoms with Gasteiger partial charge in [0.15, 0.2) is 0 Å². The zero-order valence-corrected chi connectivity index (χ0v) is 15.4. The number of carbonyl (C=O) groups excluding carboxylic acids is 2. The number of alkyl halides is 3. The van der Waals surface area contributed by atoms with Gasteiger partial charge in [-0.1, -0.05) is 11.6 Å². The van der Waals surface area contributed by atoms with E-state index in [2.05, 4.69) is 10.3 Å². The minimum atomic E-state index is -4.54. The molecule has 1 N–H and O–H groups in total. The highest BCUT2D eigenvalue weighted by atomic mass is 35.5. The van der Waals surface area contributed by atoms with Gasteiger partial charge in [0.2, 0.25) is 0 Å². The van der Waals surface area contributed by atoms with Crippen molar-refractivity contribution < 1.29 is 22.8 Å². The van der Waals surface area contributed by atoms with Gasteiger partial charge in [0, 0.05) is 35.9 Å². The summed E-state index contributed by atoms with van der Waals surface area (Å²) < 4.78 is 38.3. The lowest BCUT2D eigenvalue weighted by atomic mass is 10.0. The zero-order chi connectivity index (χ0) is 20.3. The third-order valence-electron chi connectivity index (χ3n) is 4.53. The highest BCUT2D eigenvalue weighted by molar-refractivity contribution is 6.30. The normalized spacial score (nSPS) is 15.4. The minimum absolute atomic E-state index is 0.124. The van der Waals surface area contributed by atoms with Crippen LogP contribution in [-0.4, -0.2) is 40.8 Å². The number of likely N-dealkylation sites (tertiary alicyclic amines) is 1. The van der Waals surface area contributed by atoms with Crippen molar-refractivity contribution in [3.05, 3.63) is 64.4 Å². The second-order valence-corrected chi connectivity index (χ2v) is 6.91. The fourth-order valence-corrected chi connectivity index (χ4v) is 3.12. The van der Waals surface area contributed by atoms with E-state index in [-0.39, 0.29) is 17.6 Å². The summed E-state index contributed by atoms with van der Waals surface area (Å²) >= 11 is 5.82. The zero-order valence-electron chi connectivity index (χ0n) is 14.7. The highest BCUT2D eigenvalue weighted by Crippen LogP contribution is 2.29. The Balaban J connectivity index is 1.56. The van der Waals surface area contributed by atoms with Crippen molar-refractivity contribution in [3.63, 3.8) is 0 Å². The molecule has 1 aromatic heterocycles. The molecule has 0 bridgehead atoms. The Hall–Kier alpha value is -2.61. The number of pyridine rings is 1. The molecule has 0 radical (unpaired) electrons. The third-order valence-corrected chi connectivity index (χ3v) is 4.78. The molecule has 9 heteroatoms. The molecule has 1 saturated heterocycles. The molecule has 28 heavy (non-hydrogen) atoms. The van der Waals surface area contributed by atoms with Gasteiger partial charge in [-0.15, -0.1) is 0 Å². The van der Waals surface area contributed by atoms with Gasteiger partial charge < -0.3 is 10.2 Å². The minimum Gasteiger partial charge on any atom is -0.348 e. The molecule has 1 aromatic carbocycles. The molecular weight excluding hydrogens is 395 g/mol. The Morgan fingerprint density at radius 3 is 2.36 bits per heavy atom. The summed E-state index contributed by atoms with van der Waals surface area (Å²) in [6.07, 6.45) is -2.56. The summed E-state index contributed by atoms with van der Waals surface area (Å²) in [5.74, 6) is -0.783. The maximum absolute atomic E-state index is 12.8. The predicted molar refractivity (Wildman–Crippen MR) is 97.1 cm³/mol. The summed E-state index contributed by atoms with van der Waals surface area (Å²) in [6.45, 7) is 0.866.